The van der Waals surface area contributed by atoms with Crippen LogP contribution in [0.1, 0.15) is 10.4 Å². The molecule has 0 saturated heterocycles. The lowest BCUT2D eigenvalue weighted by molar-refractivity contribution is 0.618. The molecule has 2 nitrogen and oxygen atoms in total. The van der Waals surface area contributed by atoms with E-state index < -0.39 is 0 Å². The van der Waals surface area contributed by atoms with Gasteiger partial charge in [-0.3, -0.25) is 0 Å². The Labute approximate surface area is 121 Å². The van der Waals surface area contributed by atoms with Crippen LogP contribution in [0.4, 0.5) is 10.1 Å². The summed E-state index contributed by atoms with van der Waals surface area (Å²) in [6, 6.07) is 9.01. The third kappa shape index (κ3) is 3.47. The first kappa shape index (κ1) is 14.3. The van der Waals surface area contributed by atoms with E-state index in [1.807, 2.05) is 37.2 Å². The molecule has 0 unspecified atom stereocenters. The van der Waals surface area contributed by atoms with Crippen molar-refractivity contribution in [2.75, 3.05) is 19.0 Å². The minimum absolute atomic E-state index is 0.196. The molecule has 1 N–H and O–H groups in total. The zero-order valence-electron chi connectivity index (χ0n) is 10.9. The molecule has 1 heterocycles. The second-order valence-electron chi connectivity index (χ2n) is 4.34. The SMILES string of the molecule is CNCc1cccc(F)c1N(C)Cc1ccc(Cl)s1. The van der Waals surface area contributed by atoms with Crippen molar-refractivity contribution in [2.45, 2.75) is 13.1 Å². The Balaban J connectivity index is 2.24. The molecule has 0 bridgehead atoms. The quantitative estimate of drug-likeness (QED) is 0.901. The van der Waals surface area contributed by atoms with Crippen LogP contribution < -0.4 is 10.2 Å². The lowest BCUT2D eigenvalue weighted by Crippen LogP contribution is -2.20. The molecule has 0 aliphatic rings. The highest BCUT2D eigenvalue weighted by Crippen LogP contribution is 2.28. The second-order valence-corrected chi connectivity index (χ2v) is 6.14. The third-order valence-electron chi connectivity index (χ3n) is 2.84. The van der Waals surface area contributed by atoms with Crippen molar-refractivity contribution >= 4 is 28.6 Å². The molecule has 0 spiro atoms. The van der Waals surface area contributed by atoms with Crippen molar-refractivity contribution in [3.63, 3.8) is 0 Å². The Hall–Kier alpha value is -1.10. The summed E-state index contributed by atoms with van der Waals surface area (Å²) in [4.78, 5) is 3.04. The molecule has 0 radical (unpaired) electrons. The third-order valence-corrected chi connectivity index (χ3v) is 4.06. The number of hydrogen-bond donors (Lipinski definition) is 1. The highest BCUT2D eigenvalue weighted by atomic mass is 35.5. The Morgan fingerprint density at radius 2 is 2.11 bits per heavy atom. The van der Waals surface area contributed by atoms with E-state index in [-0.39, 0.29) is 5.82 Å². The molecule has 0 saturated carbocycles. The van der Waals surface area contributed by atoms with Crippen LogP contribution in [0.15, 0.2) is 30.3 Å². The average Bonchev–Trinajstić information content (AvgIpc) is 2.75. The van der Waals surface area contributed by atoms with Gasteiger partial charge in [-0.2, -0.15) is 0 Å². The van der Waals surface area contributed by atoms with Gasteiger partial charge in [0.15, 0.2) is 0 Å². The van der Waals surface area contributed by atoms with Crippen molar-refractivity contribution in [2.24, 2.45) is 0 Å². The highest BCUT2D eigenvalue weighted by Gasteiger charge is 2.13. The van der Waals surface area contributed by atoms with E-state index in [2.05, 4.69) is 5.32 Å². The van der Waals surface area contributed by atoms with Crippen molar-refractivity contribution < 1.29 is 4.39 Å². The zero-order valence-corrected chi connectivity index (χ0v) is 12.5. The summed E-state index contributed by atoms with van der Waals surface area (Å²) >= 11 is 7.44. The molecule has 102 valence electrons. The van der Waals surface area contributed by atoms with Crippen LogP contribution >= 0.6 is 22.9 Å². The van der Waals surface area contributed by atoms with Crippen molar-refractivity contribution in [3.8, 4) is 0 Å². The number of nitrogens with zero attached hydrogens (tertiary/aromatic N) is 1. The Bertz CT molecular complexity index is 556. The number of anilines is 1. The standard InChI is InChI=1S/C14H16ClFN2S/c1-17-8-10-4-3-5-12(16)14(10)18(2)9-11-6-7-13(15)19-11/h3-7,17H,8-9H2,1-2H3. The summed E-state index contributed by atoms with van der Waals surface area (Å²) in [7, 11) is 3.75. The molecule has 0 aliphatic heterocycles. The van der Waals surface area contributed by atoms with Gasteiger partial charge in [-0.05, 0) is 30.8 Å². The Morgan fingerprint density at radius 3 is 2.74 bits per heavy atom. The fourth-order valence-corrected chi connectivity index (χ4v) is 3.21. The lowest BCUT2D eigenvalue weighted by Gasteiger charge is -2.22. The van der Waals surface area contributed by atoms with Gasteiger partial charge in [-0.15, -0.1) is 11.3 Å². The summed E-state index contributed by atoms with van der Waals surface area (Å²) in [5.41, 5.74) is 1.59. The summed E-state index contributed by atoms with van der Waals surface area (Å²) < 4.78 is 14.8. The Morgan fingerprint density at radius 1 is 1.32 bits per heavy atom. The molecule has 19 heavy (non-hydrogen) atoms. The van der Waals surface area contributed by atoms with Gasteiger partial charge >= 0.3 is 0 Å². The summed E-state index contributed by atoms with van der Waals surface area (Å²) in [6.45, 7) is 1.29. The average molecular weight is 299 g/mol. The van der Waals surface area contributed by atoms with Crippen LogP contribution in [0.2, 0.25) is 4.34 Å². The summed E-state index contributed by atoms with van der Waals surface area (Å²) in [5, 5.41) is 3.06. The first-order valence-electron chi connectivity index (χ1n) is 5.99. The Kier molecular flexibility index (Phi) is 4.80. The molecule has 0 amide bonds. The molecule has 1 aromatic heterocycles. The normalized spacial score (nSPS) is 10.7. The van der Waals surface area contributed by atoms with E-state index in [9.17, 15) is 4.39 Å². The zero-order chi connectivity index (χ0) is 13.8. The van der Waals surface area contributed by atoms with E-state index in [4.69, 9.17) is 11.6 Å². The van der Waals surface area contributed by atoms with Crippen LogP contribution in [-0.4, -0.2) is 14.1 Å². The van der Waals surface area contributed by atoms with Gasteiger partial charge < -0.3 is 10.2 Å². The van der Waals surface area contributed by atoms with Gasteiger partial charge in [0.2, 0.25) is 0 Å². The number of hydrogen-bond acceptors (Lipinski definition) is 3. The second kappa shape index (κ2) is 6.37. The van der Waals surface area contributed by atoms with Crippen LogP contribution in [0, 0.1) is 5.82 Å². The maximum Gasteiger partial charge on any atom is 0.146 e. The van der Waals surface area contributed by atoms with Crippen LogP contribution in [0.5, 0.6) is 0 Å². The van der Waals surface area contributed by atoms with Crippen molar-refractivity contribution in [1.82, 2.24) is 5.32 Å². The van der Waals surface area contributed by atoms with Gasteiger partial charge in [0.05, 0.1) is 16.6 Å². The van der Waals surface area contributed by atoms with E-state index in [0.717, 1.165) is 14.8 Å². The minimum atomic E-state index is -0.196. The number of halogens is 2. The lowest BCUT2D eigenvalue weighted by atomic mass is 10.1. The number of para-hydroxylation sites is 1. The first-order chi connectivity index (χ1) is 9.11. The van der Waals surface area contributed by atoms with Crippen LogP contribution in [0.3, 0.4) is 0 Å². The molecule has 0 atom stereocenters. The number of benzene rings is 1. The topological polar surface area (TPSA) is 15.3 Å². The van der Waals surface area contributed by atoms with E-state index in [1.54, 1.807) is 6.07 Å². The monoisotopic (exact) mass is 298 g/mol. The van der Waals surface area contributed by atoms with Gasteiger partial charge in [0.25, 0.3) is 0 Å². The van der Waals surface area contributed by atoms with Crippen LogP contribution in [-0.2, 0) is 13.1 Å². The molecule has 0 aliphatic carbocycles. The largest absolute Gasteiger partial charge is 0.367 e. The predicted molar refractivity (Wildman–Crippen MR) is 80.6 cm³/mol. The van der Waals surface area contributed by atoms with Gasteiger partial charge in [-0.25, -0.2) is 4.39 Å². The van der Waals surface area contributed by atoms with Crippen molar-refractivity contribution in [3.05, 3.63) is 50.9 Å². The van der Waals surface area contributed by atoms with E-state index in [1.165, 1.54) is 17.4 Å². The molecule has 2 aromatic rings. The number of thiophene rings is 1. The molecule has 5 heteroatoms. The van der Waals surface area contributed by atoms with Crippen LogP contribution in [0.25, 0.3) is 0 Å². The summed E-state index contributed by atoms with van der Waals surface area (Å²) in [5.74, 6) is -0.196. The highest BCUT2D eigenvalue weighted by molar-refractivity contribution is 7.16. The fraction of sp³-hybridized carbons (Fsp3) is 0.286. The number of rotatable bonds is 5. The maximum absolute atomic E-state index is 14.0. The molecule has 1 aromatic carbocycles. The van der Waals surface area contributed by atoms with Crippen molar-refractivity contribution in [1.29, 1.82) is 0 Å². The fourth-order valence-electron chi connectivity index (χ4n) is 2.07. The smallest absolute Gasteiger partial charge is 0.146 e. The first-order valence-corrected chi connectivity index (χ1v) is 7.18. The maximum atomic E-state index is 14.0. The molecular formula is C14H16ClFN2S. The van der Waals surface area contributed by atoms with Gasteiger partial charge in [0, 0.05) is 18.5 Å². The van der Waals surface area contributed by atoms with E-state index in [0.29, 0.717) is 18.8 Å². The predicted octanol–water partition coefficient (Wildman–Crippen LogP) is 3.90. The molecule has 0 fully saturated rings. The minimum Gasteiger partial charge on any atom is -0.367 e. The van der Waals surface area contributed by atoms with E-state index >= 15 is 0 Å². The van der Waals surface area contributed by atoms with Gasteiger partial charge in [0.1, 0.15) is 5.82 Å². The molecule has 2 rings (SSSR count). The number of nitrogens with one attached hydrogen (secondary N) is 1. The summed E-state index contributed by atoms with van der Waals surface area (Å²) in [6.07, 6.45) is 0. The van der Waals surface area contributed by atoms with Gasteiger partial charge in [-0.1, -0.05) is 23.7 Å². The molecular weight excluding hydrogens is 283 g/mol.